The number of nitrogens with zero attached hydrogens (tertiary/aromatic N) is 2. The zero-order chi connectivity index (χ0) is 19.9. The number of benzene rings is 1. The van der Waals surface area contributed by atoms with Crippen molar-refractivity contribution in [2.75, 3.05) is 0 Å². The van der Waals surface area contributed by atoms with Gasteiger partial charge < -0.3 is 9.72 Å². The molecule has 0 amide bonds. The summed E-state index contributed by atoms with van der Waals surface area (Å²) in [5, 5.41) is 11.8. The minimum absolute atomic E-state index is 0.131. The summed E-state index contributed by atoms with van der Waals surface area (Å²) in [4.78, 5) is 43.7. The van der Waals surface area contributed by atoms with E-state index < -0.39 is 22.7 Å². The Morgan fingerprint density at radius 3 is 2.78 bits per heavy atom. The summed E-state index contributed by atoms with van der Waals surface area (Å²) >= 11 is 7.12. The Kier molecular flexibility index (Phi) is 4.99. The molecule has 0 radical (unpaired) electrons. The molecule has 2 aromatic heterocycles. The van der Waals surface area contributed by atoms with Gasteiger partial charge in [-0.2, -0.15) is 0 Å². The average Bonchev–Trinajstić information content (AvgIpc) is 2.89. The highest BCUT2D eigenvalue weighted by atomic mass is 35.5. The van der Waals surface area contributed by atoms with Gasteiger partial charge in [0.25, 0.3) is 11.2 Å². The van der Waals surface area contributed by atoms with Crippen LogP contribution in [0.1, 0.15) is 39.7 Å². The SMILES string of the molecule is Cc1sc2nc(C(C)OC(=O)c3ccc(Cl)cc3[N+](=O)[O-])[nH]c(=O)c2c1C. The van der Waals surface area contributed by atoms with Gasteiger partial charge in [0.05, 0.1) is 10.3 Å². The van der Waals surface area contributed by atoms with Gasteiger partial charge in [-0.05, 0) is 38.5 Å². The molecule has 2 heterocycles. The number of nitro groups is 1. The van der Waals surface area contributed by atoms with Crippen LogP contribution in [-0.2, 0) is 4.74 Å². The van der Waals surface area contributed by atoms with Crippen LogP contribution in [0.25, 0.3) is 10.2 Å². The lowest BCUT2D eigenvalue weighted by Gasteiger charge is -2.12. The zero-order valence-electron chi connectivity index (χ0n) is 14.5. The molecule has 3 rings (SSSR count). The predicted molar refractivity (Wildman–Crippen MR) is 102 cm³/mol. The quantitative estimate of drug-likeness (QED) is 0.395. The van der Waals surface area contributed by atoms with Crippen LogP contribution in [0.4, 0.5) is 5.69 Å². The van der Waals surface area contributed by atoms with E-state index in [1.807, 2.05) is 13.8 Å². The maximum atomic E-state index is 12.4. The summed E-state index contributed by atoms with van der Waals surface area (Å²) in [6.45, 7) is 5.26. The summed E-state index contributed by atoms with van der Waals surface area (Å²) in [5.74, 6) is -0.745. The number of nitro benzene ring substituents is 1. The van der Waals surface area contributed by atoms with Crippen LogP contribution < -0.4 is 5.56 Å². The summed E-state index contributed by atoms with van der Waals surface area (Å²) in [7, 11) is 0. The average molecular weight is 408 g/mol. The van der Waals surface area contributed by atoms with Gasteiger partial charge in [0.2, 0.25) is 0 Å². The third kappa shape index (κ3) is 3.56. The number of esters is 1. The van der Waals surface area contributed by atoms with Crippen molar-refractivity contribution in [1.29, 1.82) is 0 Å². The van der Waals surface area contributed by atoms with Gasteiger partial charge in [0, 0.05) is 16.0 Å². The van der Waals surface area contributed by atoms with Gasteiger partial charge in [0.1, 0.15) is 10.4 Å². The second kappa shape index (κ2) is 7.09. The highest BCUT2D eigenvalue weighted by Gasteiger charge is 2.25. The number of halogens is 1. The molecular weight excluding hydrogens is 394 g/mol. The number of H-pyrrole nitrogens is 1. The maximum Gasteiger partial charge on any atom is 0.345 e. The van der Waals surface area contributed by atoms with E-state index in [1.54, 1.807) is 0 Å². The van der Waals surface area contributed by atoms with Crippen LogP contribution >= 0.6 is 22.9 Å². The van der Waals surface area contributed by atoms with Gasteiger partial charge >= 0.3 is 5.97 Å². The number of ether oxygens (including phenoxy) is 1. The number of fused-ring (bicyclic) bond motifs is 1. The van der Waals surface area contributed by atoms with Crippen molar-refractivity contribution >= 4 is 44.8 Å². The molecule has 0 saturated carbocycles. The Balaban J connectivity index is 1.93. The lowest BCUT2D eigenvalue weighted by atomic mass is 10.2. The van der Waals surface area contributed by atoms with Gasteiger partial charge in [-0.3, -0.25) is 14.9 Å². The van der Waals surface area contributed by atoms with E-state index in [1.165, 1.54) is 30.4 Å². The molecule has 10 heteroatoms. The summed E-state index contributed by atoms with van der Waals surface area (Å²) in [5.41, 5.74) is -0.155. The number of hydrogen-bond acceptors (Lipinski definition) is 7. The molecule has 1 aromatic carbocycles. The van der Waals surface area contributed by atoms with Crippen molar-refractivity contribution < 1.29 is 14.5 Å². The highest BCUT2D eigenvalue weighted by Crippen LogP contribution is 2.28. The summed E-state index contributed by atoms with van der Waals surface area (Å²) in [6.07, 6.45) is -0.910. The Morgan fingerprint density at radius 2 is 2.11 bits per heavy atom. The third-order valence-corrected chi connectivity index (χ3v) is 5.44. The molecule has 1 unspecified atom stereocenters. The molecule has 140 valence electrons. The molecule has 0 spiro atoms. The number of thiophene rings is 1. The van der Waals surface area contributed by atoms with E-state index in [0.29, 0.717) is 10.2 Å². The number of nitrogens with one attached hydrogen (secondary N) is 1. The molecule has 1 atom stereocenters. The van der Waals surface area contributed by atoms with E-state index in [2.05, 4.69) is 9.97 Å². The van der Waals surface area contributed by atoms with E-state index in [4.69, 9.17) is 16.3 Å². The van der Waals surface area contributed by atoms with Crippen molar-refractivity contribution in [3.8, 4) is 0 Å². The first-order valence-electron chi connectivity index (χ1n) is 7.84. The largest absolute Gasteiger partial charge is 0.451 e. The fourth-order valence-corrected chi connectivity index (χ4v) is 3.78. The first kappa shape index (κ1) is 19.0. The van der Waals surface area contributed by atoms with Crippen LogP contribution in [0.2, 0.25) is 5.02 Å². The molecule has 0 bridgehead atoms. The van der Waals surface area contributed by atoms with Crippen molar-refractivity contribution in [3.63, 3.8) is 0 Å². The van der Waals surface area contributed by atoms with E-state index >= 15 is 0 Å². The van der Waals surface area contributed by atoms with Gasteiger partial charge in [-0.15, -0.1) is 11.3 Å². The second-order valence-electron chi connectivity index (χ2n) is 5.88. The lowest BCUT2D eigenvalue weighted by molar-refractivity contribution is -0.385. The fourth-order valence-electron chi connectivity index (χ4n) is 2.57. The number of aromatic amines is 1. The fraction of sp³-hybridized carbons (Fsp3) is 0.235. The minimum atomic E-state index is -0.910. The highest BCUT2D eigenvalue weighted by molar-refractivity contribution is 7.18. The third-order valence-electron chi connectivity index (χ3n) is 4.10. The maximum absolute atomic E-state index is 12.4. The minimum Gasteiger partial charge on any atom is -0.451 e. The number of carbonyl (C=O) groups is 1. The molecular formula is C17H14ClN3O5S. The summed E-state index contributed by atoms with van der Waals surface area (Å²) in [6, 6.07) is 3.66. The smallest absolute Gasteiger partial charge is 0.345 e. The monoisotopic (exact) mass is 407 g/mol. The molecule has 0 aliphatic carbocycles. The molecule has 3 aromatic rings. The topological polar surface area (TPSA) is 115 Å². The first-order valence-corrected chi connectivity index (χ1v) is 9.03. The van der Waals surface area contributed by atoms with E-state index in [0.717, 1.165) is 16.5 Å². The van der Waals surface area contributed by atoms with Crippen LogP contribution in [0.5, 0.6) is 0 Å². The Labute approximate surface area is 161 Å². The number of hydrogen-bond donors (Lipinski definition) is 1. The lowest BCUT2D eigenvalue weighted by Crippen LogP contribution is -2.17. The molecule has 0 saturated heterocycles. The van der Waals surface area contributed by atoms with Crippen molar-refractivity contribution in [2.45, 2.75) is 26.9 Å². The van der Waals surface area contributed by atoms with Crippen LogP contribution in [0.3, 0.4) is 0 Å². The standard InChI is InChI=1S/C17H14ClN3O5S/c1-7-9(3)27-16-13(7)15(22)19-14(20-16)8(2)26-17(23)11-5-4-10(18)6-12(11)21(24)25/h4-6,8H,1-3H3,(H,19,20,22). The van der Waals surface area contributed by atoms with Crippen molar-refractivity contribution in [1.82, 2.24) is 9.97 Å². The van der Waals surface area contributed by atoms with Crippen LogP contribution in [0, 0.1) is 24.0 Å². The molecule has 0 aliphatic heterocycles. The number of aromatic nitrogens is 2. The Hall–Kier alpha value is -2.78. The summed E-state index contributed by atoms with van der Waals surface area (Å²) < 4.78 is 5.28. The Morgan fingerprint density at radius 1 is 1.41 bits per heavy atom. The van der Waals surface area contributed by atoms with Gasteiger partial charge in [-0.25, -0.2) is 9.78 Å². The molecule has 0 aliphatic rings. The number of carbonyl (C=O) groups excluding carboxylic acids is 1. The molecule has 8 nitrogen and oxygen atoms in total. The molecule has 1 N–H and O–H groups in total. The van der Waals surface area contributed by atoms with Gasteiger partial charge in [-0.1, -0.05) is 11.6 Å². The Bertz CT molecular complexity index is 1140. The van der Waals surface area contributed by atoms with Crippen LogP contribution in [-0.4, -0.2) is 20.9 Å². The van der Waals surface area contributed by atoms with Gasteiger partial charge in [0.15, 0.2) is 11.9 Å². The van der Waals surface area contributed by atoms with Crippen molar-refractivity contribution in [2.24, 2.45) is 0 Å². The predicted octanol–water partition coefficient (Wildman–Crippen LogP) is 4.08. The normalized spacial score (nSPS) is 12.1. The van der Waals surface area contributed by atoms with E-state index in [9.17, 15) is 19.7 Å². The zero-order valence-corrected chi connectivity index (χ0v) is 16.1. The number of aryl methyl sites for hydroxylation is 2. The van der Waals surface area contributed by atoms with E-state index in [-0.39, 0.29) is 22.0 Å². The molecule has 27 heavy (non-hydrogen) atoms. The van der Waals surface area contributed by atoms with Crippen molar-refractivity contribution in [3.05, 3.63) is 65.5 Å². The molecule has 0 fully saturated rings. The van der Waals surface area contributed by atoms with Crippen LogP contribution in [0.15, 0.2) is 23.0 Å². The number of rotatable bonds is 4. The second-order valence-corrected chi connectivity index (χ2v) is 7.52. The first-order chi connectivity index (χ1) is 12.7.